The summed E-state index contributed by atoms with van der Waals surface area (Å²) < 4.78 is 13.8. The molecule has 20 heavy (non-hydrogen) atoms. The molecule has 0 spiro atoms. The quantitative estimate of drug-likeness (QED) is 0.877. The number of carbonyl (C=O) groups is 1. The van der Waals surface area contributed by atoms with Gasteiger partial charge in [-0.25, -0.2) is 4.39 Å². The first-order valence-electron chi connectivity index (χ1n) is 7.00. The van der Waals surface area contributed by atoms with Gasteiger partial charge in [0, 0.05) is 29.1 Å². The lowest BCUT2D eigenvalue weighted by atomic mass is 10.1. The highest BCUT2D eigenvalue weighted by molar-refractivity contribution is 6.31. The van der Waals surface area contributed by atoms with Crippen molar-refractivity contribution in [1.82, 2.24) is 4.90 Å². The smallest absolute Gasteiger partial charge is 0.224 e. The van der Waals surface area contributed by atoms with E-state index >= 15 is 0 Å². The first-order valence-corrected chi connectivity index (χ1v) is 7.38. The van der Waals surface area contributed by atoms with Crippen molar-refractivity contribution in [2.45, 2.75) is 51.2 Å². The monoisotopic (exact) mass is 298 g/mol. The third kappa shape index (κ3) is 3.70. The molecule has 1 aromatic carbocycles. The van der Waals surface area contributed by atoms with Crippen molar-refractivity contribution >= 4 is 17.5 Å². The minimum Gasteiger partial charge on any atom is -0.335 e. The minimum absolute atomic E-state index is 0.0128. The van der Waals surface area contributed by atoms with Crippen LogP contribution in [-0.4, -0.2) is 22.9 Å². The number of amides is 1. The van der Waals surface area contributed by atoms with Crippen molar-refractivity contribution in [2.24, 2.45) is 5.73 Å². The molecule has 1 aliphatic rings. The molecule has 0 heterocycles. The molecule has 1 unspecified atom stereocenters. The number of carbonyl (C=O) groups excluding carboxylic acids is 1. The fourth-order valence-corrected chi connectivity index (χ4v) is 2.37. The molecule has 0 saturated heterocycles. The van der Waals surface area contributed by atoms with Gasteiger partial charge in [-0.2, -0.15) is 0 Å². The second kappa shape index (κ2) is 6.55. The molecule has 2 N–H and O–H groups in total. The molecule has 110 valence electrons. The van der Waals surface area contributed by atoms with E-state index in [0.717, 1.165) is 19.3 Å². The lowest BCUT2D eigenvalue weighted by Gasteiger charge is -2.24. The van der Waals surface area contributed by atoms with E-state index in [1.807, 2.05) is 6.92 Å². The molecule has 1 aliphatic carbocycles. The van der Waals surface area contributed by atoms with Gasteiger partial charge in [-0.05, 0) is 31.4 Å². The summed E-state index contributed by atoms with van der Waals surface area (Å²) in [4.78, 5) is 14.0. The van der Waals surface area contributed by atoms with Gasteiger partial charge in [-0.1, -0.05) is 24.6 Å². The molecule has 1 fully saturated rings. The SMILES string of the molecule is CCC(N)CC(=O)N(Cc1c(F)cccc1Cl)C1CC1. The van der Waals surface area contributed by atoms with Gasteiger partial charge in [0.1, 0.15) is 5.82 Å². The summed E-state index contributed by atoms with van der Waals surface area (Å²) >= 11 is 6.03. The lowest BCUT2D eigenvalue weighted by Crippen LogP contribution is -2.37. The van der Waals surface area contributed by atoms with Crippen LogP contribution in [0.15, 0.2) is 18.2 Å². The average molecular weight is 299 g/mol. The van der Waals surface area contributed by atoms with E-state index in [-0.39, 0.29) is 30.4 Å². The molecule has 0 aliphatic heterocycles. The van der Waals surface area contributed by atoms with Crippen LogP contribution >= 0.6 is 11.6 Å². The van der Waals surface area contributed by atoms with Crippen LogP contribution in [0.5, 0.6) is 0 Å². The largest absolute Gasteiger partial charge is 0.335 e. The molecule has 0 bridgehead atoms. The van der Waals surface area contributed by atoms with E-state index in [4.69, 9.17) is 17.3 Å². The van der Waals surface area contributed by atoms with Crippen LogP contribution in [0, 0.1) is 5.82 Å². The highest BCUT2D eigenvalue weighted by Gasteiger charge is 2.33. The van der Waals surface area contributed by atoms with Crippen molar-refractivity contribution in [1.29, 1.82) is 0 Å². The van der Waals surface area contributed by atoms with Gasteiger partial charge < -0.3 is 10.6 Å². The summed E-state index contributed by atoms with van der Waals surface area (Å²) in [6, 6.07) is 4.65. The summed E-state index contributed by atoms with van der Waals surface area (Å²) in [6.45, 7) is 2.18. The van der Waals surface area contributed by atoms with Crippen LogP contribution in [0.3, 0.4) is 0 Å². The van der Waals surface area contributed by atoms with Crippen LogP contribution in [0.1, 0.15) is 38.2 Å². The second-order valence-electron chi connectivity index (χ2n) is 5.33. The minimum atomic E-state index is -0.365. The van der Waals surface area contributed by atoms with E-state index in [2.05, 4.69) is 0 Å². The van der Waals surface area contributed by atoms with E-state index in [9.17, 15) is 9.18 Å². The summed E-state index contributed by atoms with van der Waals surface area (Å²) in [6.07, 6.45) is 3.00. The molecule has 1 saturated carbocycles. The fraction of sp³-hybridized carbons (Fsp3) is 0.533. The van der Waals surface area contributed by atoms with Crippen LogP contribution < -0.4 is 5.73 Å². The Bertz CT molecular complexity index is 471. The van der Waals surface area contributed by atoms with E-state index < -0.39 is 0 Å². The summed E-state index contributed by atoms with van der Waals surface area (Å²) in [5.41, 5.74) is 6.23. The number of nitrogens with zero attached hydrogens (tertiary/aromatic N) is 1. The molecule has 2 rings (SSSR count). The summed E-state index contributed by atoms with van der Waals surface area (Å²) in [7, 11) is 0. The Kier molecular flexibility index (Phi) is 5.00. The van der Waals surface area contributed by atoms with Crippen LogP contribution in [0.4, 0.5) is 4.39 Å². The molecule has 1 atom stereocenters. The van der Waals surface area contributed by atoms with Crippen molar-refractivity contribution in [3.8, 4) is 0 Å². The molecule has 1 aromatic rings. The van der Waals surface area contributed by atoms with E-state index in [1.54, 1.807) is 17.0 Å². The van der Waals surface area contributed by atoms with Crippen molar-refractivity contribution in [3.63, 3.8) is 0 Å². The average Bonchev–Trinajstić information content (AvgIpc) is 3.22. The lowest BCUT2D eigenvalue weighted by molar-refractivity contribution is -0.132. The number of hydrogen-bond acceptors (Lipinski definition) is 2. The van der Waals surface area contributed by atoms with Gasteiger partial charge in [-0.3, -0.25) is 4.79 Å². The van der Waals surface area contributed by atoms with E-state index in [1.165, 1.54) is 6.07 Å². The Labute approximate surface area is 123 Å². The maximum Gasteiger partial charge on any atom is 0.224 e. The van der Waals surface area contributed by atoms with Crippen LogP contribution in [0.25, 0.3) is 0 Å². The van der Waals surface area contributed by atoms with E-state index in [0.29, 0.717) is 17.0 Å². The molecular formula is C15H20ClFN2O. The molecule has 1 amide bonds. The number of halogens is 2. The Morgan fingerprint density at radius 2 is 2.25 bits per heavy atom. The normalized spacial score (nSPS) is 16.0. The van der Waals surface area contributed by atoms with Gasteiger partial charge in [0.05, 0.1) is 6.54 Å². The van der Waals surface area contributed by atoms with Gasteiger partial charge in [0.2, 0.25) is 5.91 Å². The molecular weight excluding hydrogens is 279 g/mol. The zero-order chi connectivity index (χ0) is 14.7. The topological polar surface area (TPSA) is 46.3 Å². The predicted octanol–water partition coefficient (Wildman–Crippen LogP) is 3.10. The number of rotatable bonds is 6. The fourth-order valence-electron chi connectivity index (χ4n) is 2.15. The Morgan fingerprint density at radius 3 is 2.80 bits per heavy atom. The first kappa shape index (κ1) is 15.3. The Balaban J connectivity index is 2.12. The number of hydrogen-bond donors (Lipinski definition) is 1. The highest BCUT2D eigenvalue weighted by Crippen LogP contribution is 2.31. The zero-order valence-electron chi connectivity index (χ0n) is 11.6. The van der Waals surface area contributed by atoms with Gasteiger partial charge in [-0.15, -0.1) is 0 Å². The number of benzene rings is 1. The maximum atomic E-state index is 13.8. The highest BCUT2D eigenvalue weighted by atomic mass is 35.5. The third-order valence-electron chi connectivity index (χ3n) is 3.66. The summed E-state index contributed by atoms with van der Waals surface area (Å²) in [5, 5.41) is 0.364. The first-order chi connectivity index (χ1) is 9.52. The predicted molar refractivity (Wildman–Crippen MR) is 77.9 cm³/mol. The number of nitrogens with two attached hydrogens (primary N) is 1. The Morgan fingerprint density at radius 1 is 1.55 bits per heavy atom. The standard InChI is InChI=1S/C15H20ClFN2O/c1-2-10(18)8-15(20)19(11-6-7-11)9-12-13(16)4-3-5-14(12)17/h3-5,10-11H,2,6-9,18H2,1H3. The third-order valence-corrected chi connectivity index (χ3v) is 4.01. The molecule has 3 nitrogen and oxygen atoms in total. The Hall–Kier alpha value is -1.13. The molecule has 0 aromatic heterocycles. The van der Waals surface area contributed by atoms with Crippen LogP contribution in [0.2, 0.25) is 5.02 Å². The van der Waals surface area contributed by atoms with Gasteiger partial charge in [0.25, 0.3) is 0 Å². The summed E-state index contributed by atoms with van der Waals surface area (Å²) in [5.74, 6) is -0.378. The molecule has 0 radical (unpaired) electrons. The maximum absolute atomic E-state index is 13.8. The van der Waals surface area contributed by atoms with Crippen molar-refractivity contribution in [2.75, 3.05) is 0 Å². The second-order valence-corrected chi connectivity index (χ2v) is 5.73. The molecule has 5 heteroatoms. The van der Waals surface area contributed by atoms with Gasteiger partial charge in [0.15, 0.2) is 0 Å². The van der Waals surface area contributed by atoms with Crippen molar-refractivity contribution < 1.29 is 9.18 Å². The van der Waals surface area contributed by atoms with Crippen LogP contribution in [-0.2, 0) is 11.3 Å². The van der Waals surface area contributed by atoms with Gasteiger partial charge >= 0.3 is 0 Å². The van der Waals surface area contributed by atoms with Crippen molar-refractivity contribution in [3.05, 3.63) is 34.6 Å². The zero-order valence-corrected chi connectivity index (χ0v) is 12.4.